The first-order valence-corrected chi connectivity index (χ1v) is 5.76. The van der Waals surface area contributed by atoms with E-state index in [-0.39, 0.29) is 11.6 Å². The first-order valence-electron chi connectivity index (χ1n) is 4.88. The van der Waals surface area contributed by atoms with Crippen molar-refractivity contribution in [1.29, 1.82) is 0 Å². The molecule has 0 aliphatic rings. The second-order valence-corrected chi connectivity index (χ2v) is 4.82. The smallest absolute Gasteiger partial charge is 0.165 e. The van der Waals surface area contributed by atoms with E-state index in [0.29, 0.717) is 0 Å². The Bertz CT molecular complexity index is 468. The molecule has 0 aliphatic carbocycles. The Kier molecular flexibility index (Phi) is 2.87. The molecule has 2 aromatic heterocycles. The number of halogens is 1. The summed E-state index contributed by atoms with van der Waals surface area (Å²) in [4.78, 5) is 8.18. The average Bonchev–Trinajstić information content (AvgIpc) is 2.75. The van der Waals surface area contributed by atoms with E-state index >= 15 is 0 Å². The van der Waals surface area contributed by atoms with Crippen LogP contribution in [0.1, 0.15) is 18.9 Å². The van der Waals surface area contributed by atoms with E-state index in [9.17, 15) is 4.39 Å². The van der Waals surface area contributed by atoms with Gasteiger partial charge in [-0.05, 0) is 26.0 Å². The second kappa shape index (κ2) is 4.17. The van der Waals surface area contributed by atoms with Crippen molar-refractivity contribution in [2.24, 2.45) is 0 Å². The van der Waals surface area contributed by atoms with E-state index in [1.807, 2.05) is 19.2 Å². The Hall–Kier alpha value is -1.49. The van der Waals surface area contributed by atoms with Crippen molar-refractivity contribution in [2.45, 2.75) is 19.4 Å². The number of hydrogen-bond donors (Lipinski definition) is 1. The van der Waals surface area contributed by atoms with Crippen LogP contribution in [0.3, 0.4) is 0 Å². The van der Waals surface area contributed by atoms with Gasteiger partial charge in [-0.15, -0.1) is 11.3 Å². The van der Waals surface area contributed by atoms with Crippen molar-refractivity contribution in [3.63, 3.8) is 0 Å². The molecule has 0 saturated heterocycles. The lowest BCUT2D eigenvalue weighted by atomic mass is 10.1. The molecule has 0 atom stereocenters. The molecule has 0 saturated carbocycles. The third-order valence-electron chi connectivity index (χ3n) is 2.16. The van der Waals surface area contributed by atoms with Gasteiger partial charge >= 0.3 is 0 Å². The number of nitrogens with one attached hydrogen (secondary N) is 1. The summed E-state index contributed by atoms with van der Waals surface area (Å²) in [7, 11) is 0. The first kappa shape index (κ1) is 11.0. The summed E-state index contributed by atoms with van der Waals surface area (Å²) >= 11 is 1.53. The molecule has 2 rings (SSSR count). The van der Waals surface area contributed by atoms with Gasteiger partial charge in [0.2, 0.25) is 0 Å². The van der Waals surface area contributed by atoms with Crippen LogP contribution in [0.15, 0.2) is 29.9 Å². The maximum absolute atomic E-state index is 13.4. The normalized spacial score (nSPS) is 11.4. The Balaban J connectivity index is 2.25. The topological polar surface area (TPSA) is 37.8 Å². The molecule has 0 bridgehead atoms. The lowest BCUT2D eigenvalue weighted by Gasteiger charge is -2.24. The zero-order valence-electron chi connectivity index (χ0n) is 9.07. The minimum atomic E-state index is -0.427. The number of aromatic nitrogens is 2. The number of rotatable bonds is 3. The van der Waals surface area contributed by atoms with Crippen molar-refractivity contribution in [1.82, 2.24) is 9.97 Å². The molecule has 3 nitrogen and oxygen atoms in total. The number of hydrogen-bond acceptors (Lipinski definition) is 4. The van der Waals surface area contributed by atoms with Crippen LogP contribution in [0.2, 0.25) is 0 Å². The molecule has 0 aliphatic heterocycles. The molecule has 0 radical (unpaired) electrons. The van der Waals surface area contributed by atoms with E-state index < -0.39 is 5.54 Å². The first-order chi connectivity index (χ1) is 7.59. The SMILES string of the molecule is CC(C)(Nc1ncccc1F)c1nccs1. The summed E-state index contributed by atoms with van der Waals surface area (Å²) in [6, 6.07) is 2.95. The van der Waals surface area contributed by atoms with Gasteiger partial charge in [0.05, 0.1) is 5.54 Å². The average molecular weight is 237 g/mol. The van der Waals surface area contributed by atoms with Gasteiger partial charge < -0.3 is 5.32 Å². The zero-order valence-corrected chi connectivity index (χ0v) is 9.88. The molecule has 1 N–H and O–H groups in total. The van der Waals surface area contributed by atoms with Gasteiger partial charge in [0.25, 0.3) is 0 Å². The van der Waals surface area contributed by atoms with E-state index in [0.717, 1.165) is 5.01 Å². The van der Waals surface area contributed by atoms with Gasteiger partial charge in [-0.1, -0.05) is 0 Å². The zero-order chi connectivity index (χ0) is 11.6. The Morgan fingerprint density at radius 2 is 2.12 bits per heavy atom. The summed E-state index contributed by atoms with van der Waals surface area (Å²) in [6.07, 6.45) is 3.29. The summed E-state index contributed by atoms with van der Waals surface area (Å²) in [5, 5.41) is 5.85. The van der Waals surface area contributed by atoms with Gasteiger partial charge in [0, 0.05) is 17.8 Å². The molecular formula is C11H12FN3S. The Morgan fingerprint density at radius 3 is 2.75 bits per heavy atom. The molecule has 0 aromatic carbocycles. The number of thiazole rings is 1. The van der Waals surface area contributed by atoms with Gasteiger partial charge in [-0.25, -0.2) is 14.4 Å². The van der Waals surface area contributed by atoms with Crippen LogP contribution in [0.25, 0.3) is 0 Å². The summed E-state index contributed by atoms with van der Waals surface area (Å²) in [5.41, 5.74) is -0.427. The monoisotopic (exact) mass is 237 g/mol. The van der Waals surface area contributed by atoms with Crippen LogP contribution in [-0.2, 0) is 5.54 Å². The lowest BCUT2D eigenvalue weighted by Crippen LogP contribution is -2.28. The van der Waals surface area contributed by atoms with Crippen molar-refractivity contribution >= 4 is 17.2 Å². The molecular weight excluding hydrogens is 225 g/mol. The standard InChI is InChI=1S/C11H12FN3S/c1-11(2,10-14-6-7-16-10)15-9-8(12)4-3-5-13-9/h3-7H,1-2H3,(H,13,15). The summed E-state index contributed by atoms with van der Waals surface area (Å²) in [6.45, 7) is 3.89. The predicted octanol–water partition coefficient (Wildman–Crippen LogP) is 3.02. The maximum atomic E-state index is 13.4. The van der Waals surface area contributed by atoms with Gasteiger partial charge in [0.1, 0.15) is 5.01 Å². The van der Waals surface area contributed by atoms with E-state index in [4.69, 9.17) is 0 Å². The van der Waals surface area contributed by atoms with Gasteiger partial charge in [-0.3, -0.25) is 0 Å². The highest BCUT2D eigenvalue weighted by atomic mass is 32.1. The molecule has 5 heteroatoms. The van der Waals surface area contributed by atoms with Crippen LogP contribution < -0.4 is 5.32 Å². The van der Waals surface area contributed by atoms with Crippen molar-refractivity contribution in [3.8, 4) is 0 Å². The third-order valence-corrected chi connectivity index (χ3v) is 3.25. The van der Waals surface area contributed by atoms with Gasteiger partial charge in [0.15, 0.2) is 11.6 Å². The molecule has 0 spiro atoms. The highest BCUT2D eigenvalue weighted by Gasteiger charge is 2.24. The minimum Gasteiger partial charge on any atom is -0.356 e. The molecule has 84 valence electrons. The predicted molar refractivity (Wildman–Crippen MR) is 63.0 cm³/mol. The quantitative estimate of drug-likeness (QED) is 0.891. The molecule has 0 amide bonds. The van der Waals surface area contributed by atoms with E-state index in [1.165, 1.54) is 17.4 Å². The fourth-order valence-corrected chi connectivity index (χ4v) is 2.08. The largest absolute Gasteiger partial charge is 0.356 e. The molecule has 0 fully saturated rings. The van der Waals surface area contributed by atoms with Crippen molar-refractivity contribution < 1.29 is 4.39 Å². The Labute approximate surface area is 97.4 Å². The highest BCUT2D eigenvalue weighted by Crippen LogP contribution is 2.26. The van der Waals surface area contributed by atoms with Crippen LogP contribution in [0.5, 0.6) is 0 Å². The molecule has 16 heavy (non-hydrogen) atoms. The van der Waals surface area contributed by atoms with Crippen LogP contribution in [-0.4, -0.2) is 9.97 Å². The van der Waals surface area contributed by atoms with E-state index in [2.05, 4.69) is 15.3 Å². The highest BCUT2D eigenvalue weighted by molar-refractivity contribution is 7.09. The van der Waals surface area contributed by atoms with Crippen molar-refractivity contribution in [2.75, 3.05) is 5.32 Å². The molecule has 2 heterocycles. The minimum absolute atomic E-state index is 0.253. The number of pyridine rings is 1. The maximum Gasteiger partial charge on any atom is 0.165 e. The van der Waals surface area contributed by atoms with Crippen LogP contribution >= 0.6 is 11.3 Å². The Morgan fingerprint density at radius 1 is 1.31 bits per heavy atom. The number of nitrogens with zero attached hydrogens (tertiary/aromatic N) is 2. The molecule has 0 unspecified atom stereocenters. The van der Waals surface area contributed by atoms with Crippen LogP contribution in [0.4, 0.5) is 10.2 Å². The molecule has 2 aromatic rings. The van der Waals surface area contributed by atoms with Crippen LogP contribution in [0, 0.1) is 5.82 Å². The van der Waals surface area contributed by atoms with E-state index in [1.54, 1.807) is 18.5 Å². The number of anilines is 1. The van der Waals surface area contributed by atoms with Gasteiger partial charge in [-0.2, -0.15) is 0 Å². The summed E-state index contributed by atoms with van der Waals surface area (Å²) in [5.74, 6) is -0.102. The fourth-order valence-electron chi connectivity index (χ4n) is 1.36. The summed E-state index contributed by atoms with van der Waals surface area (Å²) < 4.78 is 13.4. The second-order valence-electron chi connectivity index (χ2n) is 3.92. The van der Waals surface area contributed by atoms with Crippen molar-refractivity contribution in [3.05, 3.63) is 40.7 Å². The lowest BCUT2D eigenvalue weighted by molar-refractivity contribution is 0.574. The third kappa shape index (κ3) is 2.19. The fraction of sp³-hybridized carbons (Fsp3) is 0.273.